The lowest BCUT2D eigenvalue weighted by atomic mass is 9.91. The first kappa shape index (κ1) is 21.6. The first-order valence-electron chi connectivity index (χ1n) is 10.7. The van der Waals surface area contributed by atoms with Gasteiger partial charge in [0.25, 0.3) is 0 Å². The monoisotopic (exact) mass is 382 g/mol. The summed E-state index contributed by atoms with van der Waals surface area (Å²) < 4.78 is 12.3. The molecule has 4 nitrogen and oxygen atoms in total. The molecule has 2 fully saturated rings. The van der Waals surface area contributed by atoms with Crippen LogP contribution >= 0.6 is 0 Å². The molecule has 1 N–H and O–H groups in total. The van der Waals surface area contributed by atoms with Crippen LogP contribution in [0.1, 0.15) is 66.2 Å². The van der Waals surface area contributed by atoms with Crippen LogP contribution in [-0.4, -0.2) is 37.7 Å². The summed E-state index contributed by atoms with van der Waals surface area (Å²) in [6, 6.07) is 3.38. The fourth-order valence-electron chi connectivity index (χ4n) is 4.57. The molecule has 0 radical (unpaired) electrons. The summed E-state index contributed by atoms with van der Waals surface area (Å²) >= 11 is 0. The molecule has 150 valence electrons. The summed E-state index contributed by atoms with van der Waals surface area (Å²) in [7, 11) is -1.71. The third-order valence-electron chi connectivity index (χ3n) is 6.54. The van der Waals surface area contributed by atoms with Gasteiger partial charge < -0.3 is 14.3 Å². The quantitative estimate of drug-likeness (QED) is 0.241. The summed E-state index contributed by atoms with van der Waals surface area (Å²) in [5.41, 5.74) is 0. The summed E-state index contributed by atoms with van der Waals surface area (Å²) in [5, 5.41) is 10.3. The number of carbonyl (C=O) groups excluding carboxylic acids is 1. The molecule has 5 atom stereocenters. The van der Waals surface area contributed by atoms with Crippen LogP contribution < -0.4 is 0 Å². The van der Waals surface area contributed by atoms with Crippen LogP contribution in [0.5, 0.6) is 0 Å². The van der Waals surface area contributed by atoms with E-state index in [0.717, 1.165) is 50.2 Å². The average Bonchev–Trinajstić information content (AvgIpc) is 3.13. The van der Waals surface area contributed by atoms with E-state index in [9.17, 15) is 9.90 Å². The summed E-state index contributed by atoms with van der Waals surface area (Å²) in [6.07, 6.45) is 9.28. The molecule has 0 aromatic heterocycles. The van der Waals surface area contributed by atoms with Crippen molar-refractivity contribution in [1.82, 2.24) is 0 Å². The Hall–Kier alpha value is -0.653. The minimum atomic E-state index is -1.71. The second kappa shape index (κ2) is 10.0. The first-order valence-corrected chi connectivity index (χ1v) is 13.2. The van der Waals surface area contributed by atoms with Crippen LogP contribution in [0.3, 0.4) is 0 Å². The van der Waals surface area contributed by atoms with Crippen molar-refractivity contribution < 1.29 is 19.1 Å². The van der Waals surface area contributed by atoms with Gasteiger partial charge in [0.05, 0.1) is 18.6 Å². The van der Waals surface area contributed by atoms with Crippen LogP contribution in [-0.2, 0) is 14.0 Å². The average molecular weight is 383 g/mol. The molecule has 5 heteroatoms. The highest BCUT2D eigenvalue weighted by molar-refractivity contribution is 6.73. The zero-order valence-corrected chi connectivity index (χ0v) is 18.1. The highest BCUT2D eigenvalue weighted by Crippen LogP contribution is 2.45. The fraction of sp³-hybridized carbons (Fsp3) is 0.857. The molecule has 0 amide bonds. The van der Waals surface area contributed by atoms with Crippen LogP contribution in [0.15, 0.2) is 12.2 Å². The minimum Gasteiger partial charge on any atom is -0.462 e. The number of carbonyl (C=O) groups is 1. The molecule has 0 spiro atoms. The number of aliphatic hydroxyl groups excluding tert-OH is 1. The lowest BCUT2D eigenvalue weighted by Gasteiger charge is -2.34. The van der Waals surface area contributed by atoms with Gasteiger partial charge in [-0.25, -0.2) is 0 Å². The van der Waals surface area contributed by atoms with Crippen molar-refractivity contribution >= 4 is 14.3 Å². The number of hydrogen-bond donors (Lipinski definition) is 1. The Morgan fingerprint density at radius 3 is 2.54 bits per heavy atom. The van der Waals surface area contributed by atoms with Crippen molar-refractivity contribution in [3.05, 3.63) is 12.2 Å². The SMILES string of the molecule is CCCCC[C@H](O)/C=C/C1C(O[Si](CC)(CC)CC)C[C@@H]2OC(=O)C[C@H]12. The molecule has 0 aromatic rings. The van der Waals surface area contributed by atoms with E-state index in [-0.39, 0.29) is 30.0 Å². The van der Waals surface area contributed by atoms with Crippen LogP contribution in [0, 0.1) is 11.8 Å². The number of ether oxygens (including phenoxy) is 1. The molecule has 0 aromatic carbocycles. The Kier molecular flexibility index (Phi) is 8.36. The van der Waals surface area contributed by atoms with Gasteiger partial charge in [-0.1, -0.05) is 59.1 Å². The Bertz CT molecular complexity index is 466. The van der Waals surface area contributed by atoms with Gasteiger partial charge >= 0.3 is 5.97 Å². The minimum absolute atomic E-state index is 0.00310. The Morgan fingerprint density at radius 1 is 1.23 bits per heavy atom. The van der Waals surface area contributed by atoms with E-state index >= 15 is 0 Å². The van der Waals surface area contributed by atoms with Gasteiger partial charge in [-0.3, -0.25) is 4.79 Å². The number of esters is 1. The molecule has 2 aliphatic rings. The molecule has 1 saturated carbocycles. The molecule has 2 rings (SSSR count). The van der Waals surface area contributed by atoms with Gasteiger partial charge in [-0.15, -0.1) is 0 Å². The van der Waals surface area contributed by atoms with E-state index in [0.29, 0.717) is 6.42 Å². The maximum Gasteiger partial charge on any atom is 0.306 e. The normalized spacial score (nSPS) is 30.0. The molecule has 1 saturated heterocycles. The number of rotatable bonds is 11. The van der Waals surface area contributed by atoms with Gasteiger partial charge in [0, 0.05) is 18.3 Å². The van der Waals surface area contributed by atoms with E-state index in [1.165, 1.54) is 0 Å². The van der Waals surface area contributed by atoms with Crippen LogP contribution in [0.25, 0.3) is 0 Å². The predicted octanol–water partition coefficient (Wildman–Crippen LogP) is 4.83. The fourth-order valence-corrected chi connectivity index (χ4v) is 7.46. The topological polar surface area (TPSA) is 55.8 Å². The Balaban J connectivity index is 2.07. The van der Waals surface area contributed by atoms with Crippen molar-refractivity contribution in [3.63, 3.8) is 0 Å². The maximum absolute atomic E-state index is 11.7. The lowest BCUT2D eigenvalue weighted by molar-refractivity contribution is -0.141. The van der Waals surface area contributed by atoms with Crippen molar-refractivity contribution in [3.8, 4) is 0 Å². The number of unbranched alkanes of at least 4 members (excludes halogenated alkanes) is 2. The van der Waals surface area contributed by atoms with Crippen LogP contribution in [0.4, 0.5) is 0 Å². The highest BCUT2D eigenvalue weighted by Gasteiger charge is 2.51. The standard InChI is InChI=1S/C21H38O4Si/c1-5-9-10-11-16(22)12-13-17-18-14-21(23)24-19(18)15-20(17)25-26(6-2,7-3)8-4/h12-13,16-20,22H,5-11,14-15H2,1-4H3/b13-12+/t16-,17?,18+,19-,20?/m0/s1. The van der Waals surface area contributed by atoms with Crippen molar-refractivity contribution in [2.75, 3.05) is 0 Å². The van der Waals surface area contributed by atoms with Crippen molar-refractivity contribution in [2.45, 2.75) is 103 Å². The van der Waals surface area contributed by atoms with Gasteiger partial charge in [-0.2, -0.15) is 0 Å². The van der Waals surface area contributed by atoms with E-state index in [4.69, 9.17) is 9.16 Å². The zero-order valence-electron chi connectivity index (χ0n) is 17.1. The maximum atomic E-state index is 11.7. The van der Waals surface area contributed by atoms with E-state index in [1.807, 2.05) is 6.08 Å². The molecule has 1 heterocycles. The summed E-state index contributed by atoms with van der Waals surface area (Å²) in [6.45, 7) is 8.91. The molecular weight excluding hydrogens is 344 g/mol. The molecule has 1 aliphatic carbocycles. The lowest BCUT2D eigenvalue weighted by Crippen LogP contribution is -2.41. The molecule has 0 bridgehead atoms. The summed E-state index contributed by atoms with van der Waals surface area (Å²) in [5.74, 6) is 0.318. The van der Waals surface area contributed by atoms with Crippen molar-refractivity contribution in [1.29, 1.82) is 0 Å². The number of aliphatic hydroxyl groups is 1. The van der Waals surface area contributed by atoms with E-state index < -0.39 is 14.4 Å². The van der Waals surface area contributed by atoms with E-state index in [1.54, 1.807) is 0 Å². The van der Waals surface area contributed by atoms with Gasteiger partial charge in [0.2, 0.25) is 0 Å². The molecule has 2 unspecified atom stereocenters. The third-order valence-corrected chi connectivity index (χ3v) is 11.2. The third kappa shape index (κ3) is 5.20. The van der Waals surface area contributed by atoms with Gasteiger partial charge in [0.1, 0.15) is 6.10 Å². The Labute approximate surface area is 160 Å². The number of fused-ring (bicyclic) bond motifs is 1. The summed E-state index contributed by atoms with van der Waals surface area (Å²) in [4.78, 5) is 11.7. The van der Waals surface area contributed by atoms with Gasteiger partial charge in [0.15, 0.2) is 8.32 Å². The first-order chi connectivity index (χ1) is 12.5. The molecule has 1 aliphatic heterocycles. The predicted molar refractivity (Wildman–Crippen MR) is 107 cm³/mol. The largest absolute Gasteiger partial charge is 0.462 e. The second-order valence-corrected chi connectivity index (χ2v) is 12.8. The Morgan fingerprint density at radius 2 is 1.92 bits per heavy atom. The van der Waals surface area contributed by atoms with Crippen LogP contribution in [0.2, 0.25) is 18.1 Å². The second-order valence-electron chi connectivity index (χ2n) is 8.06. The van der Waals surface area contributed by atoms with E-state index in [2.05, 4.69) is 33.8 Å². The number of hydrogen-bond acceptors (Lipinski definition) is 4. The van der Waals surface area contributed by atoms with Gasteiger partial charge in [-0.05, 0) is 24.6 Å². The smallest absolute Gasteiger partial charge is 0.306 e. The highest BCUT2D eigenvalue weighted by atomic mass is 28.4. The van der Waals surface area contributed by atoms with Crippen molar-refractivity contribution in [2.24, 2.45) is 11.8 Å². The zero-order chi connectivity index (χ0) is 19.2. The molecule has 26 heavy (non-hydrogen) atoms. The molecular formula is C21H38O4Si.